The van der Waals surface area contributed by atoms with Gasteiger partial charge in [0.2, 0.25) is 11.2 Å². The van der Waals surface area contributed by atoms with Crippen LogP contribution < -0.4 is 13.9 Å². The van der Waals surface area contributed by atoms with Gasteiger partial charge in [-0.2, -0.15) is 13.7 Å². The van der Waals surface area contributed by atoms with Crippen molar-refractivity contribution < 1.29 is 13.9 Å². The van der Waals surface area contributed by atoms with Crippen molar-refractivity contribution in [2.75, 3.05) is 0 Å². The molecule has 5 heterocycles. The average molecular weight is 584 g/mol. The van der Waals surface area contributed by atoms with E-state index in [4.69, 9.17) is 4.74 Å². The van der Waals surface area contributed by atoms with Crippen LogP contribution in [0.15, 0.2) is 115 Å². The Kier molecular flexibility index (Phi) is 4.74. The molecule has 0 bridgehead atoms. The van der Waals surface area contributed by atoms with Crippen molar-refractivity contribution in [1.29, 1.82) is 0 Å². The summed E-state index contributed by atoms with van der Waals surface area (Å²) in [5.41, 5.74) is 11.9. The Bertz CT molecular complexity index is 2360. The molecule has 1 atom stereocenters. The van der Waals surface area contributed by atoms with Crippen LogP contribution in [-0.2, 0) is 5.54 Å². The summed E-state index contributed by atoms with van der Waals surface area (Å²) in [6.07, 6.45) is 2.28. The summed E-state index contributed by atoms with van der Waals surface area (Å²) in [5.74, 6) is 3.76. The van der Waals surface area contributed by atoms with E-state index >= 15 is 0 Å². The second-order valence-corrected chi connectivity index (χ2v) is 13.3. The van der Waals surface area contributed by atoms with Gasteiger partial charge in [0.15, 0.2) is 28.9 Å². The van der Waals surface area contributed by atoms with E-state index in [-0.39, 0.29) is 0 Å². The summed E-state index contributed by atoms with van der Waals surface area (Å²) in [5, 5.41) is 2.32. The molecule has 0 saturated carbocycles. The van der Waals surface area contributed by atoms with Crippen LogP contribution in [0.3, 0.4) is 0 Å². The predicted octanol–water partition coefficient (Wildman–Crippen LogP) is 8.83. The monoisotopic (exact) mass is 583 g/mol. The zero-order chi connectivity index (χ0) is 30.2. The Morgan fingerprint density at radius 2 is 1.44 bits per heavy atom. The highest BCUT2D eigenvalue weighted by Crippen LogP contribution is 2.57. The SMILES string of the molecule is CC(C)c1cccc(C(C)C)c1-n1c2[n+]3c4c(cccc41)Oc1c-3c(cc3ccccc13)C21c2ccccc2-c2cccc[n+]21. The lowest BCUT2D eigenvalue weighted by molar-refractivity contribution is -0.733. The Morgan fingerprint density at radius 1 is 0.711 bits per heavy atom. The first-order valence-corrected chi connectivity index (χ1v) is 16.1. The Balaban J connectivity index is 1.52. The van der Waals surface area contributed by atoms with Gasteiger partial charge in [-0.3, -0.25) is 0 Å². The number of para-hydroxylation sites is 2. The lowest BCUT2D eigenvalue weighted by Crippen LogP contribution is -2.57. The largest absolute Gasteiger partial charge is 0.448 e. The second kappa shape index (κ2) is 8.48. The van der Waals surface area contributed by atoms with Crippen LogP contribution in [0.1, 0.15) is 67.6 Å². The van der Waals surface area contributed by atoms with E-state index < -0.39 is 5.54 Å². The molecule has 3 aliphatic heterocycles. The minimum absolute atomic E-state index is 0.343. The molecule has 2 aromatic heterocycles. The lowest BCUT2D eigenvalue weighted by atomic mass is 9.81. The fourth-order valence-electron chi connectivity index (χ4n) is 8.60. The van der Waals surface area contributed by atoms with Gasteiger partial charge in [0, 0.05) is 28.6 Å². The molecule has 7 aromatic rings. The van der Waals surface area contributed by atoms with Crippen molar-refractivity contribution in [3.63, 3.8) is 0 Å². The van der Waals surface area contributed by atoms with Crippen LogP contribution in [0.2, 0.25) is 0 Å². The number of fused-ring (bicyclic) bond motifs is 9. The maximum absolute atomic E-state index is 7.02. The third kappa shape index (κ3) is 2.85. The summed E-state index contributed by atoms with van der Waals surface area (Å²) in [6, 6.07) is 40.2. The van der Waals surface area contributed by atoms with Gasteiger partial charge in [-0.05, 0) is 47.6 Å². The molecule has 0 N–H and O–H groups in total. The summed E-state index contributed by atoms with van der Waals surface area (Å²) >= 11 is 0. The Morgan fingerprint density at radius 3 is 2.27 bits per heavy atom. The van der Waals surface area contributed by atoms with E-state index in [1.165, 1.54) is 55.9 Å². The highest BCUT2D eigenvalue weighted by molar-refractivity contribution is 5.97. The molecule has 0 radical (unpaired) electrons. The van der Waals surface area contributed by atoms with E-state index in [2.05, 4.69) is 157 Å². The van der Waals surface area contributed by atoms with Gasteiger partial charge in [-0.25, -0.2) is 0 Å². The summed E-state index contributed by atoms with van der Waals surface area (Å²) in [4.78, 5) is 0. The van der Waals surface area contributed by atoms with E-state index in [9.17, 15) is 0 Å². The molecular weight excluding hydrogens is 550 g/mol. The van der Waals surface area contributed by atoms with Crippen molar-refractivity contribution in [2.24, 2.45) is 0 Å². The van der Waals surface area contributed by atoms with E-state index in [1.807, 2.05) is 0 Å². The quantitative estimate of drug-likeness (QED) is 0.191. The third-order valence-corrected chi connectivity index (χ3v) is 10.4. The molecule has 1 spiro atoms. The molecule has 45 heavy (non-hydrogen) atoms. The third-order valence-electron chi connectivity index (χ3n) is 10.4. The summed E-state index contributed by atoms with van der Waals surface area (Å²) in [6.45, 7) is 9.27. The Hall–Kier alpha value is -5.22. The maximum atomic E-state index is 7.02. The Labute approximate surface area is 262 Å². The van der Waals surface area contributed by atoms with Gasteiger partial charge in [0.05, 0.1) is 16.7 Å². The fourth-order valence-corrected chi connectivity index (χ4v) is 8.60. The number of ether oxygens (including phenoxy) is 1. The number of benzene rings is 5. The summed E-state index contributed by atoms with van der Waals surface area (Å²) in [7, 11) is 0. The topological polar surface area (TPSA) is 21.9 Å². The smallest absolute Gasteiger partial charge is 0.352 e. The van der Waals surface area contributed by atoms with Crippen LogP contribution in [0.25, 0.3) is 44.4 Å². The van der Waals surface area contributed by atoms with Crippen molar-refractivity contribution in [3.8, 4) is 34.1 Å². The number of aromatic nitrogens is 3. The van der Waals surface area contributed by atoms with Crippen molar-refractivity contribution in [2.45, 2.75) is 45.1 Å². The first-order valence-electron chi connectivity index (χ1n) is 16.1. The molecule has 1 unspecified atom stereocenters. The zero-order valence-corrected chi connectivity index (χ0v) is 25.9. The molecule has 0 saturated heterocycles. The molecule has 0 fully saturated rings. The first-order chi connectivity index (χ1) is 22.0. The first kappa shape index (κ1) is 25.1. The minimum Gasteiger partial charge on any atom is -0.448 e. The van der Waals surface area contributed by atoms with E-state index in [0.717, 1.165) is 28.1 Å². The van der Waals surface area contributed by atoms with Crippen molar-refractivity contribution in [3.05, 3.63) is 143 Å². The lowest BCUT2D eigenvalue weighted by Gasteiger charge is -2.23. The van der Waals surface area contributed by atoms with Crippen LogP contribution in [0, 0.1) is 0 Å². The number of imidazole rings is 1. The second-order valence-electron chi connectivity index (χ2n) is 13.3. The molecule has 0 amide bonds. The highest BCUT2D eigenvalue weighted by Gasteiger charge is 2.69. The van der Waals surface area contributed by atoms with Gasteiger partial charge in [0.1, 0.15) is 5.69 Å². The van der Waals surface area contributed by atoms with Gasteiger partial charge < -0.3 is 4.74 Å². The molecule has 3 aliphatic rings. The number of rotatable bonds is 3. The van der Waals surface area contributed by atoms with Gasteiger partial charge >= 0.3 is 11.4 Å². The molecular formula is C41H33N3O+2. The van der Waals surface area contributed by atoms with Crippen molar-refractivity contribution in [1.82, 2.24) is 4.57 Å². The number of hydrogen-bond donors (Lipinski definition) is 0. The van der Waals surface area contributed by atoms with Gasteiger partial charge in [0.25, 0.3) is 0 Å². The summed E-state index contributed by atoms with van der Waals surface area (Å²) < 4.78 is 14.7. The van der Waals surface area contributed by atoms with Crippen LogP contribution in [-0.4, -0.2) is 4.57 Å². The number of nitrogens with zero attached hydrogens (tertiary/aromatic N) is 3. The van der Waals surface area contributed by atoms with Gasteiger partial charge in [-0.1, -0.05) is 94.4 Å². The average Bonchev–Trinajstić information content (AvgIpc) is 3.67. The zero-order valence-electron chi connectivity index (χ0n) is 25.9. The number of pyridine rings is 1. The molecule has 4 nitrogen and oxygen atoms in total. The molecule has 4 heteroatoms. The standard InChI is InChI=1S/C41H33N3O/c1-24(2)27-16-11-17-28(25(3)4)36(27)43-34-20-12-21-35-38(34)44-37-32(23-26-13-5-6-14-29(26)39(37)45-35)41(40(43)44)31-18-8-7-15-30(31)33-19-9-10-22-42(33)41/h5-25H,1-4H3/q+2. The van der Waals surface area contributed by atoms with Crippen LogP contribution in [0.4, 0.5) is 0 Å². The normalized spacial score (nSPS) is 16.7. The van der Waals surface area contributed by atoms with Crippen LogP contribution >= 0.6 is 0 Å². The maximum Gasteiger partial charge on any atom is 0.352 e. The molecule has 5 aromatic carbocycles. The van der Waals surface area contributed by atoms with E-state index in [0.29, 0.717) is 11.8 Å². The van der Waals surface area contributed by atoms with Gasteiger partial charge in [-0.15, -0.1) is 0 Å². The highest BCUT2D eigenvalue weighted by atomic mass is 16.5. The molecule has 0 aliphatic carbocycles. The van der Waals surface area contributed by atoms with E-state index in [1.54, 1.807) is 0 Å². The molecule has 216 valence electrons. The van der Waals surface area contributed by atoms with Crippen LogP contribution in [0.5, 0.6) is 11.5 Å². The van der Waals surface area contributed by atoms with Crippen molar-refractivity contribution >= 4 is 21.8 Å². The fraction of sp³-hybridized carbons (Fsp3) is 0.171. The minimum atomic E-state index is -0.621. The molecule has 10 rings (SSSR count). The number of hydrogen-bond acceptors (Lipinski definition) is 1. The predicted molar refractivity (Wildman–Crippen MR) is 178 cm³/mol.